The predicted octanol–water partition coefficient (Wildman–Crippen LogP) is 14.5. The average molecular weight is 703 g/mol. The Balaban J connectivity index is 0.960. The SMILES string of the molecule is c1ccc2c(c1)ccc1sc3c(cc(-c4ccc(-c5ccc(-c6ccc7c8ccccc8c8ccccc8c7c6)cc5)cc4)n4c5ccccc5nc34)c12. The number of nitrogens with zero attached hydrogens (tertiary/aromatic N) is 2. The van der Waals surface area contributed by atoms with Crippen molar-refractivity contribution in [2.45, 2.75) is 0 Å². The molecule has 0 bridgehead atoms. The van der Waals surface area contributed by atoms with Crippen molar-refractivity contribution >= 4 is 91.3 Å². The number of hydrogen-bond acceptors (Lipinski definition) is 2. The van der Waals surface area contributed by atoms with Crippen molar-refractivity contribution in [3.63, 3.8) is 0 Å². The molecule has 3 aromatic heterocycles. The number of benzene rings is 9. The number of thiophene rings is 1. The third kappa shape index (κ3) is 4.30. The van der Waals surface area contributed by atoms with E-state index in [4.69, 9.17) is 4.98 Å². The molecule has 3 heterocycles. The summed E-state index contributed by atoms with van der Waals surface area (Å²) in [5.74, 6) is 0. The first kappa shape index (κ1) is 29.7. The lowest BCUT2D eigenvalue weighted by Gasteiger charge is -2.12. The van der Waals surface area contributed by atoms with Gasteiger partial charge in [0.1, 0.15) is 0 Å². The number of imidazole rings is 1. The van der Waals surface area contributed by atoms with Crippen LogP contribution in [0.2, 0.25) is 0 Å². The molecular weight excluding hydrogens is 673 g/mol. The monoisotopic (exact) mass is 702 g/mol. The molecule has 3 heteroatoms. The molecule has 0 radical (unpaired) electrons. The van der Waals surface area contributed by atoms with Gasteiger partial charge in [-0.3, -0.25) is 4.40 Å². The summed E-state index contributed by atoms with van der Waals surface area (Å²) in [7, 11) is 0. The normalized spacial score (nSPS) is 12.1. The van der Waals surface area contributed by atoms with E-state index in [0.29, 0.717) is 0 Å². The van der Waals surface area contributed by atoms with E-state index in [1.807, 2.05) is 11.3 Å². The van der Waals surface area contributed by atoms with Crippen molar-refractivity contribution in [1.82, 2.24) is 9.38 Å². The summed E-state index contributed by atoms with van der Waals surface area (Å²) in [5, 5.41) is 12.9. The Hall–Kier alpha value is -6.81. The molecule has 0 N–H and O–H groups in total. The van der Waals surface area contributed by atoms with E-state index in [-0.39, 0.29) is 0 Å². The first-order valence-electron chi connectivity index (χ1n) is 18.5. The highest BCUT2D eigenvalue weighted by molar-refractivity contribution is 7.26. The third-order valence-electron chi connectivity index (χ3n) is 11.4. The molecular formula is C51H30N2S. The van der Waals surface area contributed by atoms with Crippen LogP contribution in [0.1, 0.15) is 0 Å². The summed E-state index contributed by atoms with van der Waals surface area (Å²) in [6, 6.07) is 66.7. The standard InChI is InChI=1S/C51H30N2S/c1-2-10-37-34(9-1)26-28-48-49(37)44-30-47(53-46-16-8-7-15-45(46)52-51(53)50(44)54-48)35-23-21-32(22-24-35)31-17-19-33(20-18-31)36-25-27-42-40-13-4-3-11-38(40)39-12-5-6-14-41(39)43(42)29-36/h1-30H. The summed E-state index contributed by atoms with van der Waals surface area (Å²) >= 11 is 1.84. The Morgan fingerprint density at radius 2 is 0.926 bits per heavy atom. The van der Waals surface area contributed by atoms with Crippen LogP contribution in [0, 0.1) is 0 Å². The molecule has 0 saturated heterocycles. The van der Waals surface area contributed by atoms with E-state index in [2.05, 4.69) is 186 Å². The first-order chi connectivity index (χ1) is 26.8. The van der Waals surface area contributed by atoms with Crippen molar-refractivity contribution < 1.29 is 0 Å². The maximum absolute atomic E-state index is 5.22. The van der Waals surface area contributed by atoms with Crippen molar-refractivity contribution in [1.29, 1.82) is 0 Å². The van der Waals surface area contributed by atoms with Gasteiger partial charge in [0, 0.05) is 15.5 Å². The summed E-state index contributed by atoms with van der Waals surface area (Å²) in [5.41, 5.74) is 10.3. The van der Waals surface area contributed by atoms with E-state index < -0.39 is 0 Å². The zero-order valence-electron chi connectivity index (χ0n) is 29.1. The average Bonchev–Trinajstić information content (AvgIpc) is 3.83. The van der Waals surface area contributed by atoms with Crippen LogP contribution in [0.15, 0.2) is 182 Å². The quantitative estimate of drug-likeness (QED) is 0.168. The van der Waals surface area contributed by atoms with E-state index in [1.165, 1.54) is 91.1 Å². The minimum absolute atomic E-state index is 1.01. The third-order valence-corrected chi connectivity index (χ3v) is 12.5. The van der Waals surface area contributed by atoms with Gasteiger partial charge < -0.3 is 0 Å². The lowest BCUT2D eigenvalue weighted by molar-refractivity contribution is 1.25. The molecule has 0 aliphatic carbocycles. The van der Waals surface area contributed by atoms with Crippen LogP contribution >= 0.6 is 11.3 Å². The highest BCUT2D eigenvalue weighted by atomic mass is 32.1. The zero-order chi connectivity index (χ0) is 35.3. The Morgan fingerprint density at radius 3 is 1.63 bits per heavy atom. The molecule has 0 fully saturated rings. The number of rotatable bonds is 3. The van der Waals surface area contributed by atoms with Crippen molar-refractivity contribution in [3.05, 3.63) is 182 Å². The highest BCUT2D eigenvalue weighted by Crippen LogP contribution is 2.44. The van der Waals surface area contributed by atoms with Gasteiger partial charge in [-0.25, -0.2) is 4.98 Å². The largest absolute Gasteiger partial charge is 0.291 e. The van der Waals surface area contributed by atoms with Gasteiger partial charge in [0.05, 0.1) is 21.4 Å². The van der Waals surface area contributed by atoms with E-state index in [0.717, 1.165) is 22.4 Å². The van der Waals surface area contributed by atoms with Gasteiger partial charge in [-0.1, -0.05) is 152 Å². The van der Waals surface area contributed by atoms with E-state index in [9.17, 15) is 0 Å². The number of aromatic nitrogens is 2. The van der Waals surface area contributed by atoms with Crippen LogP contribution in [0.4, 0.5) is 0 Å². The summed E-state index contributed by atoms with van der Waals surface area (Å²) in [6.07, 6.45) is 0. The summed E-state index contributed by atoms with van der Waals surface area (Å²) in [6.45, 7) is 0. The fraction of sp³-hybridized carbons (Fsp3) is 0. The van der Waals surface area contributed by atoms with Crippen LogP contribution in [-0.4, -0.2) is 9.38 Å². The smallest absolute Gasteiger partial charge is 0.156 e. The van der Waals surface area contributed by atoms with Gasteiger partial charge >= 0.3 is 0 Å². The minimum atomic E-state index is 1.01. The molecule has 250 valence electrons. The maximum Gasteiger partial charge on any atom is 0.156 e. The Morgan fingerprint density at radius 1 is 0.389 bits per heavy atom. The van der Waals surface area contributed by atoms with Gasteiger partial charge in [0.25, 0.3) is 0 Å². The molecule has 9 aromatic carbocycles. The maximum atomic E-state index is 5.22. The second-order valence-corrected chi connectivity index (χ2v) is 15.4. The molecule has 0 aliphatic heterocycles. The zero-order valence-corrected chi connectivity index (χ0v) is 29.9. The number of fused-ring (bicyclic) bond motifs is 15. The van der Waals surface area contributed by atoms with Crippen molar-refractivity contribution in [3.8, 4) is 33.5 Å². The number of pyridine rings is 1. The lowest BCUT2D eigenvalue weighted by atomic mass is 9.92. The number of hydrogen-bond donors (Lipinski definition) is 0. The Labute approximate surface area is 314 Å². The molecule has 0 unspecified atom stereocenters. The van der Waals surface area contributed by atoms with Gasteiger partial charge in [0.15, 0.2) is 5.65 Å². The molecule has 12 aromatic rings. The molecule has 2 nitrogen and oxygen atoms in total. The Kier molecular flexibility index (Phi) is 6.25. The molecule has 12 rings (SSSR count). The van der Waals surface area contributed by atoms with Crippen LogP contribution in [0.5, 0.6) is 0 Å². The van der Waals surface area contributed by atoms with Gasteiger partial charge in [-0.2, -0.15) is 0 Å². The number of para-hydroxylation sites is 2. The van der Waals surface area contributed by atoms with Gasteiger partial charge in [-0.15, -0.1) is 11.3 Å². The molecule has 0 amide bonds. The fourth-order valence-electron chi connectivity index (χ4n) is 8.81. The van der Waals surface area contributed by atoms with Crippen molar-refractivity contribution in [2.75, 3.05) is 0 Å². The molecule has 0 aliphatic rings. The topological polar surface area (TPSA) is 17.3 Å². The lowest BCUT2D eigenvalue weighted by Crippen LogP contribution is -1.93. The molecule has 54 heavy (non-hydrogen) atoms. The van der Waals surface area contributed by atoms with Crippen LogP contribution < -0.4 is 0 Å². The van der Waals surface area contributed by atoms with Gasteiger partial charge in [-0.05, 0) is 101 Å². The van der Waals surface area contributed by atoms with Crippen LogP contribution in [0.25, 0.3) is 113 Å². The van der Waals surface area contributed by atoms with Crippen LogP contribution in [-0.2, 0) is 0 Å². The fourth-order valence-corrected chi connectivity index (χ4v) is 9.99. The summed E-state index contributed by atoms with van der Waals surface area (Å²) in [4.78, 5) is 5.22. The molecule has 0 saturated carbocycles. The first-order valence-corrected chi connectivity index (χ1v) is 19.3. The highest BCUT2D eigenvalue weighted by Gasteiger charge is 2.19. The molecule has 0 spiro atoms. The molecule has 0 atom stereocenters. The van der Waals surface area contributed by atoms with E-state index >= 15 is 0 Å². The van der Waals surface area contributed by atoms with Crippen molar-refractivity contribution in [2.24, 2.45) is 0 Å². The summed E-state index contributed by atoms with van der Waals surface area (Å²) < 4.78 is 4.87. The van der Waals surface area contributed by atoms with Crippen LogP contribution in [0.3, 0.4) is 0 Å². The second-order valence-electron chi connectivity index (χ2n) is 14.3. The second kappa shape index (κ2) is 11.3. The van der Waals surface area contributed by atoms with E-state index in [1.54, 1.807) is 0 Å². The Bertz CT molecular complexity index is 3440. The minimum Gasteiger partial charge on any atom is -0.291 e. The van der Waals surface area contributed by atoms with Gasteiger partial charge in [0.2, 0.25) is 0 Å². The predicted molar refractivity (Wildman–Crippen MR) is 232 cm³/mol.